The van der Waals surface area contributed by atoms with Crippen LogP contribution in [0.3, 0.4) is 0 Å². The molecule has 2 heterocycles. The second-order valence-corrected chi connectivity index (χ2v) is 9.66. The lowest BCUT2D eigenvalue weighted by Gasteiger charge is -2.29. The Balaban J connectivity index is 1.57. The van der Waals surface area contributed by atoms with Crippen molar-refractivity contribution in [2.24, 2.45) is 0 Å². The third-order valence-electron chi connectivity index (χ3n) is 5.92. The van der Waals surface area contributed by atoms with Gasteiger partial charge < -0.3 is 10.1 Å². The van der Waals surface area contributed by atoms with Gasteiger partial charge in [0.15, 0.2) is 0 Å². The Labute approximate surface area is 213 Å². The van der Waals surface area contributed by atoms with Gasteiger partial charge in [-0.3, -0.25) is 0 Å². The summed E-state index contributed by atoms with van der Waals surface area (Å²) in [5, 5.41) is 11.6. The van der Waals surface area contributed by atoms with Gasteiger partial charge in [0.05, 0.1) is 12.2 Å². The molecule has 0 amide bonds. The van der Waals surface area contributed by atoms with Crippen LogP contribution in [0, 0.1) is 0 Å². The molecule has 1 aromatic heterocycles. The Morgan fingerprint density at radius 2 is 1.89 bits per heavy atom. The van der Waals surface area contributed by atoms with Crippen LogP contribution in [0.5, 0.6) is 0 Å². The van der Waals surface area contributed by atoms with E-state index in [4.69, 9.17) is 26.4 Å². The molecule has 0 bridgehead atoms. The normalized spacial score (nSPS) is 15.1. The predicted molar refractivity (Wildman–Crippen MR) is 141 cm³/mol. The lowest BCUT2D eigenvalue weighted by molar-refractivity contribution is -0.139. The lowest BCUT2D eigenvalue weighted by atomic mass is 9.91. The van der Waals surface area contributed by atoms with Crippen molar-refractivity contribution < 1.29 is 9.53 Å². The number of hydrogen-bond acceptors (Lipinski definition) is 6. The van der Waals surface area contributed by atoms with Crippen molar-refractivity contribution >= 4 is 46.1 Å². The van der Waals surface area contributed by atoms with Gasteiger partial charge in [-0.15, -0.1) is 5.10 Å². The molecule has 1 atom stereocenters. The van der Waals surface area contributed by atoms with Gasteiger partial charge in [0.25, 0.3) is 0 Å². The number of carbonyl (C=O) groups is 1. The Hall–Kier alpha value is -3.29. The van der Waals surface area contributed by atoms with Crippen LogP contribution in [0.4, 0.5) is 5.95 Å². The number of esters is 1. The molecule has 5 rings (SSSR count). The van der Waals surface area contributed by atoms with E-state index < -0.39 is 6.04 Å². The molecule has 1 unspecified atom stereocenters. The number of halogens is 1. The van der Waals surface area contributed by atoms with E-state index >= 15 is 0 Å². The molecule has 0 spiro atoms. The minimum atomic E-state index is -0.469. The summed E-state index contributed by atoms with van der Waals surface area (Å²) in [6.07, 6.45) is 0.752. The summed E-state index contributed by atoms with van der Waals surface area (Å²) in [7, 11) is 0. The number of nitrogens with zero attached hydrogens (tertiary/aromatic N) is 3. The summed E-state index contributed by atoms with van der Waals surface area (Å²) < 4.78 is 7.38. The Morgan fingerprint density at radius 3 is 2.71 bits per heavy atom. The van der Waals surface area contributed by atoms with Gasteiger partial charge in [-0.2, -0.15) is 4.98 Å². The molecule has 1 aliphatic rings. The minimum Gasteiger partial charge on any atom is -0.462 e. The number of aromatic nitrogens is 3. The fourth-order valence-corrected chi connectivity index (χ4v) is 5.38. The number of benzene rings is 3. The molecule has 1 aliphatic heterocycles. The van der Waals surface area contributed by atoms with Crippen LogP contribution in [0.15, 0.2) is 83.2 Å². The number of allylic oxidation sites excluding steroid dienone is 1. The fourth-order valence-electron chi connectivity index (χ4n) is 4.26. The van der Waals surface area contributed by atoms with Crippen LogP contribution in [0.1, 0.15) is 37.4 Å². The minimum absolute atomic E-state index is 0.346. The van der Waals surface area contributed by atoms with E-state index in [1.165, 1.54) is 11.8 Å². The number of nitrogens with one attached hydrogen (secondary N) is 1. The van der Waals surface area contributed by atoms with E-state index in [0.29, 0.717) is 39.8 Å². The van der Waals surface area contributed by atoms with Gasteiger partial charge in [0, 0.05) is 16.5 Å². The van der Waals surface area contributed by atoms with Crippen molar-refractivity contribution in [1.29, 1.82) is 0 Å². The van der Waals surface area contributed by atoms with Gasteiger partial charge in [0.2, 0.25) is 11.1 Å². The molecule has 0 fully saturated rings. The van der Waals surface area contributed by atoms with Crippen molar-refractivity contribution in [3.05, 3.63) is 94.1 Å². The highest BCUT2D eigenvalue weighted by atomic mass is 35.5. The number of fused-ring (bicyclic) bond motifs is 2. The van der Waals surface area contributed by atoms with Gasteiger partial charge in [-0.1, -0.05) is 91.0 Å². The molecule has 0 saturated heterocycles. The number of thioether (sulfide) groups is 1. The first-order valence-corrected chi connectivity index (χ1v) is 12.9. The zero-order chi connectivity index (χ0) is 24.4. The summed E-state index contributed by atoms with van der Waals surface area (Å²) >= 11 is 7.84. The molecule has 0 saturated carbocycles. The molecule has 1 N–H and O–H groups in total. The lowest BCUT2D eigenvalue weighted by Crippen LogP contribution is -2.30. The standard InChI is InChI=1S/C27H25ClN4O2S/c1-3-15-34-25(33)23-17(2)29-26-30-27(35-16-19-10-5-7-14-22(19)28)31-32(26)24(23)21-13-8-11-18-9-4-6-12-20(18)21/h4-14,24H,3,15-16H2,1-2H3,(H,29,30,31). The number of carbonyl (C=O) groups excluding carboxylic acids is 1. The summed E-state index contributed by atoms with van der Waals surface area (Å²) in [4.78, 5) is 18.0. The molecule has 178 valence electrons. The summed E-state index contributed by atoms with van der Waals surface area (Å²) in [5.74, 6) is 0.884. The third-order valence-corrected chi connectivity index (χ3v) is 7.18. The van der Waals surface area contributed by atoms with Crippen molar-refractivity contribution in [2.45, 2.75) is 37.2 Å². The zero-order valence-electron chi connectivity index (χ0n) is 19.5. The Kier molecular flexibility index (Phi) is 6.79. The second-order valence-electron chi connectivity index (χ2n) is 8.31. The molecule has 4 aromatic rings. The van der Waals surface area contributed by atoms with Gasteiger partial charge in [-0.25, -0.2) is 9.48 Å². The van der Waals surface area contributed by atoms with Crippen LogP contribution in [-0.4, -0.2) is 27.3 Å². The van der Waals surface area contributed by atoms with E-state index in [1.807, 2.05) is 62.4 Å². The molecular weight excluding hydrogens is 480 g/mol. The molecule has 8 heteroatoms. The topological polar surface area (TPSA) is 69.0 Å². The molecule has 35 heavy (non-hydrogen) atoms. The number of anilines is 1. The predicted octanol–water partition coefficient (Wildman–Crippen LogP) is 6.62. The van der Waals surface area contributed by atoms with Gasteiger partial charge >= 0.3 is 5.97 Å². The SMILES string of the molecule is CCCOC(=O)C1=C(C)Nc2nc(SCc3ccccc3Cl)nn2C1c1cccc2ccccc12. The summed E-state index contributed by atoms with van der Waals surface area (Å²) in [6.45, 7) is 4.23. The first-order chi connectivity index (χ1) is 17.1. The molecule has 0 aliphatic carbocycles. The zero-order valence-corrected chi connectivity index (χ0v) is 21.1. The third kappa shape index (κ3) is 4.66. The van der Waals surface area contributed by atoms with Crippen LogP contribution >= 0.6 is 23.4 Å². The van der Waals surface area contributed by atoms with Gasteiger partial charge in [0.1, 0.15) is 6.04 Å². The van der Waals surface area contributed by atoms with Crippen LogP contribution in [0.2, 0.25) is 5.02 Å². The highest BCUT2D eigenvalue weighted by molar-refractivity contribution is 7.98. The summed E-state index contributed by atoms with van der Waals surface area (Å²) in [6, 6.07) is 21.6. The molecule has 3 aromatic carbocycles. The van der Waals surface area contributed by atoms with Gasteiger partial charge in [-0.05, 0) is 41.3 Å². The molecule has 6 nitrogen and oxygen atoms in total. The Bertz CT molecular complexity index is 1430. The smallest absolute Gasteiger partial charge is 0.338 e. The van der Waals surface area contributed by atoms with Crippen LogP contribution < -0.4 is 5.32 Å². The first kappa shape index (κ1) is 23.5. The fraction of sp³-hybridized carbons (Fsp3) is 0.222. The largest absolute Gasteiger partial charge is 0.462 e. The van der Waals surface area contributed by atoms with Crippen LogP contribution in [0.25, 0.3) is 10.8 Å². The van der Waals surface area contributed by atoms with Crippen molar-refractivity contribution in [3.63, 3.8) is 0 Å². The molecule has 0 radical (unpaired) electrons. The summed E-state index contributed by atoms with van der Waals surface area (Å²) in [5.41, 5.74) is 3.24. The van der Waals surface area contributed by atoms with Crippen molar-refractivity contribution in [2.75, 3.05) is 11.9 Å². The average Bonchev–Trinajstić information content (AvgIpc) is 3.28. The molecular formula is C27H25ClN4O2S. The van der Waals surface area contributed by atoms with E-state index in [-0.39, 0.29) is 5.97 Å². The van der Waals surface area contributed by atoms with E-state index in [0.717, 1.165) is 28.3 Å². The van der Waals surface area contributed by atoms with E-state index in [1.54, 1.807) is 4.68 Å². The first-order valence-electron chi connectivity index (χ1n) is 11.5. The number of rotatable bonds is 7. The maximum atomic E-state index is 13.3. The highest BCUT2D eigenvalue weighted by Gasteiger charge is 2.36. The maximum absolute atomic E-state index is 13.3. The number of ether oxygens (including phenoxy) is 1. The monoisotopic (exact) mass is 504 g/mol. The maximum Gasteiger partial charge on any atom is 0.338 e. The van der Waals surface area contributed by atoms with E-state index in [9.17, 15) is 4.79 Å². The number of hydrogen-bond donors (Lipinski definition) is 1. The van der Waals surface area contributed by atoms with E-state index in [2.05, 4.69) is 23.5 Å². The Morgan fingerprint density at radius 1 is 1.11 bits per heavy atom. The van der Waals surface area contributed by atoms with Crippen molar-refractivity contribution in [1.82, 2.24) is 14.8 Å². The average molecular weight is 505 g/mol. The second kappa shape index (κ2) is 10.1. The highest BCUT2D eigenvalue weighted by Crippen LogP contribution is 2.39. The van der Waals surface area contributed by atoms with Crippen LogP contribution in [-0.2, 0) is 15.3 Å². The van der Waals surface area contributed by atoms with Crippen molar-refractivity contribution in [3.8, 4) is 0 Å². The quantitative estimate of drug-likeness (QED) is 0.225.